The lowest BCUT2D eigenvalue weighted by Crippen LogP contribution is -2.19. The Balaban J connectivity index is 2.15. The van der Waals surface area contributed by atoms with Gasteiger partial charge in [0.1, 0.15) is 18.0 Å². The molecule has 20 heavy (non-hydrogen) atoms. The van der Waals surface area contributed by atoms with Crippen molar-refractivity contribution in [2.24, 2.45) is 11.7 Å². The summed E-state index contributed by atoms with van der Waals surface area (Å²) in [4.78, 5) is 4.28. The number of nitrogens with zero attached hydrogens (tertiary/aromatic N) is 3. The summed E-state index contributed by atoms with van der Waals surface area (Å²) < 4.78 is 15.0. The van der Waals surface area contributed by atoms with Gasteiger partial charge in [-0.25, -0.2) is 14.1 Å². The van der Waals surface area contributed by atoms with Crippen molar-refractivity contribution in [1.29, 1.82) is 0 Å². The van der Waals surface area contributed by atoms with Crippen LogP contribution in [0.15, 0.2) is 24.5 Å². The first-order valence-corrected chi connectivity index (χ1v) is 6.85. The van der Waals surface area contributed by atoms with Crippen LogP contribution in [0.3, 0.4) is 0 Å². The molecule has 1 heterocycles. The lowest BCUT2D eigenvalue weighted by atomic mass is 9.99. The molecule has 2 aromatic rings. The molecule has 0 bridgehead atoms. The van der Waals surface area contributed by atoms with Crippen LogP contribution in [-0.2, 0) is 13.0 Å². The van der Waals surface area contributed by atoms with Gasteiger partial charge >= 0.3 is 0 Å². The van der Waals surface area contributed by atoms with E-state index in [1.165, 1.54) is 12.1 Å². The van der Waals surface area contributed by atoms with Crippen LogP contribution in [0.5, 0.6) is 0 Å². The minimum Gasteiger partial charge on any atom is -0.324 e. The van der Waals surface area contributed by atoms with Gasteiger partial charge in [-0.3, -0.25) is 0 Å². The van der Waals surface area contributed by atoms with Gasteiger partial charge in [-0.15, -0.1) is 0 Å². The number of rotatable bonds is 5. The third-order valence-corrected chi connectivity index (χ3v) is 3.27. The van der Waals surface area contributed by atoms with E-state index in [1.807, 2.05) is 11.6 Å². The minimum absolute atomic E-state index is 0.203. The number of nitrogens with two attached hydrogens (primary N) is 1. The standard InChI is InChI=1S/C15H21FN4/c1-10(2)8-20-15(18-9-19-20)7-14(17)13-5-4-12(16)6-11(13)3/h4-6,9-10,14H,7-8,17H2,1-3H3. The molecule has 0 radical (unpaired) electrons. The Bertz CT molecular complexity index is 577. The fourth-order valence-corrected chi connectivity index (χ4v) is 2.31. The van der Waals surface area contributed by atoms with E-state index < -0.39 is 0 Å². The molecule has 1 unspecified atom stereocenters. The number of aromatic nitrogens is 3. The van der Waals surface area contributed by atoms with E-state index in [9.17, 15) is 4.39 Å². The number of hydrogen-bond donors (Lipinski definition) is 1. The van der Waals surface area contributed by atoms with Gasteiger partial charge in [-0.05, 0) is 36.1 Å². The summed E-state index contributed by atoms with van der Waals surface area (Å²) in [5.41, 5.74) is 8.05. The highest BCUT2D eigenvalue weighted by Gasteiger charge is 2.14. The van der Waals surface area contributed by atoms with Crippen LogP contribution in [-0.4, -0.2) is 14.8 Å². The van der Waals surface area contributed by atoms with Gasteiger partial charge in [-0.1, -0.05) is 19.9 Å². The summed E-state index contributed by atoms with van der Waals surface area (Å²) in [6, 6.07) is 4.50. The van der Waals surface area contributed by atoms with Crippen molar-refractivity contribution >= 4 is 0 Å². The van der Waals surface area contributed by atoms with Crippen molar-refractivity contribution in [2.75, 3.05) is 0 Å². The molecule has 1 aromatic carbocycles. The van der Waals surface area contributed by atoms with E-state index in [-0.39, 0.29) is 11.9 Å². The molecule has 0 aliphatic heterocycles. The van der Waals surface area contributed by atoms with Crippen LogP contribution >= 0.6 is 0 Å². The Morgan fingerprint density at radius 1 is 1.35 bits per heavy atom. The molecule has 108 valence electrons. The molecule has 0 fully saturated rings. The average Bonchev–Trinajstić information content (AvgIpc) is 2.75. The lowest BCUT2D eigenvalue weighted by molar-refractivity contribution is 0.459. The van der Waals surface area contributed by atoms with Crippen molar-refractivity contribution in [1.82, 2.24) is 14.8 Å². The Morgan fingerprint density at radius 3 is 2.75 bits per heavy atom. The first-order chi connectivity index (χ1) is 9.47. The van der Waals surface area contributed by atoms with E-state index in [0.29, 0.717) is 12.3 Å². The van der Waals surface area contributed by atoms with Crippen molar-refractivity contribution in [3.63, 3.8) is 0 Å². The van der Waals surface area contributed by atoms with Gasteiger partial charge < -0.3 is 5.73 Å². The molecule has 5 heteroatoms. The molecular weight excluding hydrogens is 255 g/mol. The SMILES string of the molecule is Cc1cc(F)ccc1C(N)Cc1ncnn1CC(C)C. The number of hydrogen-bond acceptors (Lipinski definition) is 3. The summed E-state index contributed by atoms with van der Waals surface area (Å²) in [5, 5.41) is 4.23. The van der Waals surface area contributed by atoms with E-state index in [1.54, 1.807) is 12.4 Å². The highest BCUT2D eigenvalue weighted by molar-refractivity contribution is 5.29. The first kappa shape index (κ1) is 14.7. The maximum absolute atomic E-state index is 13.1. The third-order valence-electron chi connectivity index (χ3n) is 3.27. The molecule has 0 saturated heterocycles. The topological polar surface area (TPSA) is 56.7 Å². The quantitative estimate of drug-likeness (QED) is 0.913. The predicted molar refractivity (Wildman–Crippen MR) is 76.6 cm³/mol. The normalized spacial score (nSPS) is 12.9. The van der Waals surface area contributed by atoms with Gasteiger partial charge in [0.2, 0.25) is 0 Å². The molecule has 1 aromatic heterocycles. The average molecular weight is 276 g/mol. The smallest absolute Gasteiger partial charge is 0.138 e. The van der Waals surface area contributed by atoms with Gasteiger partial charge in [0, 0.05) is 19.0 Å². The second kappa shape index (κ2) is 6.13. The van der Waals surface area contributed by atoms with Crippen LogP contribution < -0.4 is 5.73 Å². The van der Waals surface area contributed by atoms with Crippen molar-refractivity contribution < 1.29 is 4.39 Å². The van der Waals surface area contributed by atoms with Gasteiger partial charge in [0.25, 0.3) is 0 Å². The Morgan fingerprint density at radius 2 is 2.10 bits per heavy atom. The molecule has 2 rings (SSSR count). The zero-order chi connectivity index (χ0) is 14.7. The maximum atomic E-state index is 13.1. The largest absolute Gasteiger partial charge is 0.324 e. The van der Waals surface area contributed by atoms with Crippen LogP contribution in [0.2, 0.25) is 0 Å². The maximum Gasteiger partial charge on any atom is 0.138 e. The second-order valence-electron chi connectivity index (χ2n) is 5.56. The molecular formula is C15H21FN4. The summed E-state index contributed by atoms with van der Waals surface area (Å²) in [6.45, 7) is 6.96. The zero-order valence-electron chi connectivity index (χ0n) is 12.2. The molecule has 0 aliphatic carbocycles. The fourth-order valence-electron chi connectivity index (χ4n) is 2.31. The summed E-state index contributed by atoms with van der Waals surface area (Å²) in [7, 11) is 0. The fraction of sp³-hybridized carbons (Fsp3) is 0.467. The molecule has 0 amide bonds. The molecule has 2 N–H and O–H groups in total. The Hall–Kier alpha value is -1.75. The van der Waals surface area contributed by atoms with Gasteiger partial charge in [-0.2, -0.15) is 5.10 Å². The van der Waals surface area contributed by atoms with Crippen LogP contribution in [0.4, 0.5) is 4.39 Å². The predicted octanol–water partition coefficient (Wildman–Crippen LogP) is 2.62. The molecule has 0 saturated carbocycles. The number of aryl methyl sites for hydroxylation is 1. The van der Waals surface area contributed by atoms with Crippen LogP contribution in [0.25, 0.3) is 0 Å². The Labute approximate surface area is 118 Å². The molecule has 1 atom stereocenters. The zero-order valence-corrected chi connectivity index (χ0v) is 12.2. The van der Waals surface area contributed by atoms with Crippen LogP contribution in [0, 0.1) is 18.7 Å². The van der Waals surface area contributed by atoms with Gasteiger partial charge in [0.15, 0.2) is 0 Å². The van der Waals surface area contributed by atoms with E-state index >= 15 is 0 Å². The monoisotopic (exact) mass is 276 g/mol. The summed E-state index contributed by atoms with van der Waals surface area (Å²) in [6.07, 6.45) is 2.15. The van der Waals surface area contributed by atoms with E-state index in [2.05, 4.69) is 23.9 Å². The minimum atomic E-state index is -0.235. The summed E-state index contributed by atoms with van der Waals surface area (Å²) in [5.74, 6) is 1.13. The highest BCUT2D eigenvalue weighted by atomic mass is 19.1. The molecule has 4 nitrogen and oxygen atoms in total. The lowest BCUT2D eigenvalue weighted by Gasteiger charge is -2.15. The number of halogens is 1. The van der Waals surface area contributed by atoms with Crippen LogP contribution in [0.1, 0.15) is 36.8 Å². The van der Waals surface area contributed by atoms with Crippen molar-refractivity contribution in [3.8, 4) is 0 Å². The van der Waals surface area contributed by atoms with Crippen molar-refractivity contribution in [2.45, 2.75) is 39.8 Å². The highest BCUT2D eigenvalue weighted by Crippen LogP contribution is 2.20. The first-order valence-electron chi connectivity index (χ1n) is 6.85. The van der Waals surface area contributed by atoms with Crippen molar-refractivity contribution in [3.05, 3.63) is 47.3 Å². The van der Waals surface area contributed by atoms with Gasteiger partial charge in [0.05, 0.1) is 0 Å². The molecule has 0 spiro atoms. The molecule has 0 aliphatic rings. The number of benzene rings is 1. The van der Waals surface area contributed by atoms with E-state index in [4.69, 9.17) is 5.73 Å². The summed E-state index contributed by atoms with van der Waals surface area (Å²) >= 11 is 0. The Kier molecular flexibility index (Phi) is 4.49. The second-order valence-corrected chi connectivity index (χ2v) is 5.56. The third kappa shape index (κ3) is 3.42. The van der Waals surface area contributed by atoms with E-state index in [0.717, 1.165) is 23.5 Å².